The monoisotopic (exact) mass is 584 g/mol. The number of benzene rings is 1. The number of nitrogens with one attached hydrogen (secondary N) is 1. The van der Waals surface area contributed by atoms with Crippen LogP contribution in [0, 0.1) is 5.41 Å². The summed E-state index contributed by atoms with van der Waals surface area (Å²) in [5, 5.41) is 2.97. The lowest BCUT2D eigenvalue weighted by Crippen LogP contribution is -2.53. The van der Waals surface area contributed by atoms with Gasteiger partial charge in [-0.2, -0.15) is 27.0 Å². The molecule has 3 atom stereocenters. The third-order valence-corrected chi connectivity index (χ3v) is 7.29. The smallest absolute Gasteiger partial charge is 0.251 e. The van der Waals surface area contributed by atoms with Gasteiger partial charge in [-0.15, -0.1) is 0 Å². The number of likely N-dealkylation sites (tertiary alicyclic amines) is 1. The van der Waals surface area contributed by atoms with E-state index in [0.717, 1.165) is 45.0 Å². The quantitative estimate of drug-likeness (QED) is 0.502. The SMILES string of the molecule is C.COCCN1CCN(c2ccc(C(=O)N[C@@H](CC(C)(C)C)C(=O)N3CC[C@H]4OCC(=O)[C@H]43)cc2)CC1.S.S. The minimum absolute atomic E-state index is 0. The van der Waals surface area contributed by atoms with Crippen LogP contribution in [0.4, 0.5) is 5.69 Å². The van der Waals surface area contributed by atoms with Crippen LogP contribution in [0.25, 0.3) is 0 Å². The number of methoxy groups -OCH3 is 1. The molecule has 1 aromatic rings. The number of hydrogen-bond donors (Lipinski definition) is 1. The van der Waals surface area contributed by atoms with Crippen LogP contribution in [0.2, 0.25) is 0 Å². The second kappa shape index (κ2) is 15.3. The summed E-state index contributed by atoms with van der Waals surface area (Å²) in [7, 11) is 1.72. The fraction of sp³-hybridized carbons (Fsp3) is 0.679. The molecule has 222 valence electrons. The van der Waals surface area contributed by atoms with Gasteiger partial charge in [0, 0.05) is 57.6 Å². The van der Waals surface area contributed by atoms with Gasteiger partial charge in [0.1, 0.15) is 18.7 Å². The van der Waals surface area contributed by atoms with Crippen LogP contribution in [0.15, 0.2) is 24.3 Å². The lowest BCUT2D eigenvalue weighted by molar-refractivity contribution is -0.138. The molecule has 3 aliphatic heterocycles. The number of rotatable bonds is 8. The molecule has 2 amide bonds. The Morgan fingerprint density at radius 1 is 1.08 bits per heavy atom. The van der Waals surface area contributed by atoms with Crippen LogP contribution in [0.5, 0.6) is 0 Å². The van der Waals surface area contributed by atoms with Gasteiger partial charge in [-0.3, -0.25) is 19.3 Å². The van der Waals surface area contributed by atoms with E-state index in [4.69, 9.17) is 9.47 Å². The van der Waals surface area contributed by atoms with E-state index in [-0.39, 0.29) is 70.1 Å². The number of anilines is 1. The second-order valence-electron chi connectivity index (χ2n) is 11.2. The van der Waals surface area contributed by atoms with Gasteiger partial charge < -0.3 is 24.6 Å². The normalized spacial score (nSPS) is 21.8. The Kier molecular flexibility index (Phi) is 13.8. The van der Waals surface area contributed by atoms with Crippen molar-refractivity contribution in [2.24, 2.45) is 5.41 Å². The fourth-order valence-electron chi connectivity index (χ4n) is 5.37. The number of carbonyl (C=O) groups excluding carboxylic acids is 3. The number of carbonyl (C=O) groups is 3. The molecule has 0 aliphatic carbocycles. The molecule has 0 radical (unpaired) electrons. The van der Waals surface area contributed by atoms with Crippen molar-refractivity contribution in [3.63, 3.8) is 0 Å². The number of Topliss-reactive ketones (excluding diaryl/α,β-unsaturated/α-hetero) is 1. The van der Waals surface area contributed by atoms with Crippen LogP contribution in [-0.4, -0.2) is 105 Å². The van der Waals surface area contributed by atoms with Crippen molar-refractivity contribution in [1.29, 1.82) is 0 Å². The van der Waals surface area contributed by atoms with E-state index in [2.05, 4.69) is 15.1 Å². The zero-order chi connectivity index (χ0) is 25.9. The van der Waals surface area contributed by atoms with Crippen LogP contribution >= 0.6 is 27.0 Å². The second-order valence-corrected chi connectivity index (χ2v) is 11.2. The Balaban J connectivity index is 0.00000253. The summed E-state index contributed by atoms with van der Waals surface area (Å²) in [5.74, 6) is -0.535. The Morgan fingerprint density at radius 3 is 2.31 bits per heavy atom. The third-order valence-electron chi connectivity index (χ3n) is 7.29. The molecule has 1 aromatic carbocycles. The molecule has 0 bridgehead atoms. The zero-order valence-electron chi connectivity index (χ0n) is 23.0. The maximum atomic E-state index is 13.5. The van der Waals surface area contributed by atoms with Crippen LogP contribution < -0.4 is 10.2 Å². The van der Waals surface area contributed by atoms with E-state index in [1.165, 1.54) is 0 Å². The number of nitrogens with zero attached hydrogens (tertiary/aromatic N) is 3. The Bertz CT molecular complexity index is 948. The number of ketones is 1. The Hall–Kier alpha value is -1.79. The fourth-order valence-corrected chi connectivity index (χ4v) is 5.37. The lowest BCUT2D eigenvalue weighted by Gasteiger charge is -2.36. The Morgan fingerprint density at radius 2 is 1.72 bits per heavy atom. The van der Waals surface area contributed by atoms with Crippen molar-refractivity contribution < 1.29 is 23.9 Å². The average molecular weight is 585 g/mol. The van der Waals surface area contributed by atoms with Gasteiger partial charge in [-0.05, 0) is 42.5 Å². The van der Waals surface area contributed by atoms with Crippen molar-refractivity contribution >= 4 is 50.3 Å². The van der Waals surface area contributed by atoms with Crippen LogP contribution in [-0.2, 0) is 19.1 Å². The first kappa shape index (κ1) is 35.2. The highest BCUT2D eigenvalue weighted by Crippen LogP contribution is 2.30. The molecule has 0 unspecified atom stereocenters. The predicted molar refractivity (Wildman–Crippen MR) is 165 cm³/mol. The molecule has 3 saturated heterocycles. The number of ether oxygens (including phenoxy) is 2. The van der Waals surface area contributed by atoms with Gasteiger partial charge in [0.15, 0.2) is 5.78 Å². The van der Waals surface area contributed by atoms with Gasteiger partial charge >= 0.3 is 0 Å². The van der Waals surface area contributed by atoms with Gasteiger partial charge in [-0.25, -0.2) is 0 Å². The molecule has 0 spiro atoms. The van der Waals surface area contributed by atoms with E-state index < -0.39 is 12.1 Å². The van der Waals surface area contributed by atoms with Crippen LogP contribution in [0.1, 0.15) is 51.4 Å². The number of fused-ring (bicyclic) bond motifs is 1. The molecular weight excluding hydrogens is 536 g/mol. The molecule has 0 aromatic heterocycles. The molecule has 3 aliphatic rings. The van der Waals surface area contributed by atoms with E-state index >= 15 is 0 Å². The molecule has 4 rings (SSSR count). The number of hydrogen-bond acceptors (Lipinski definition) is 7. The highest BCUT2D eigenvalue weighted by Gasteiger charge is 2.48. The maximum Gasteiger partial charge on any atom is 0.251 e. The van der Waals surface area contributed by atoms with Crippen molar-refractivity contribution in [2.45, 2.75) is 59.2 Å². The average Bonchev–Trinajstić information content (AvgIpc) is 3.44. The minimum atomic E-state index is -0.704. The van der Waals surface area contributed by atoms with Crippen molar-refractivity contribution in [3.8, 4) is 0 Å². The van der Waals surface area contributed by atoms with E-state index in [9.17, 15) is 14.4 Å². The maximum absolute atomic E-state index is 13.5. The summed E-state index contributed by atoms with van der Waals surface area (Å²) in [5.41, 5.74) is 1.42. The van der Waals surface area contributed by atoms with E-state index in [0.29, 0.717) is 24.9 Å². The zero-order valence-corrected chi connectivity index (χ0v) is 25.0. The molecule has 9 nitrogen and oxygen atoms in total. The summed E-state index contributed by atoms with van der Waals surface area (Å²) in [4.78, 5) is 45.4. The highest BCUT2D eigenvalue weighted by atomic mass is 32.1. The molecule has 0 saturated carbocycles. The first-order valence-corrected chi connectivity index (χ1v) is 13.0. The summed E-state index contributed by atoms with van der Waals surface area (Å²) < 4.78 is 10.7. The largest absolute Gasteiger partial charge is 0.383 e. The lowest BCUT2D eigenvalue weighted by atomic mass is 9.87. The van der Waals surface area contributed by atoms with Crippen molar-refractivity contribution in [1.82, 2.24) is 15.1 Å². The topological polar surface area (TPSA) is 91.4 Å². The third kappa shape index (κ3) is 8.85. The molecule has 1 N–H and O–H groups in total. The predicted octanol–water partition coefficient (Wildman–Crippen LogP) is 2.42. The van der Waals surface area contributed by atoms with Crippen LogP contribution in [0.3, 0.4) is 0 Å². The first-order valence-electron chi connectivity index (χ1n) is 13.0. The molecular formula is C28H48N4O5S2. The summed E-state index contributed by atoms with van der Waals surface area (Å²) >= 11 is 0. The van der Waals surface area contributed by atoms with Gasteiger partial charge in [-0.1, -0.05) is 28.2 Å². The van der Waals surface area contributed by atoms with Gasteiger partial charge in [0.05, 0.1) is 12.7 Å². The highest BCUT2D eigenvalue weighted by molar-refractivity contribution is 7.59. The first-order chi connectivity index (χ1) is 17.2. The Labute approximate surface area is 247 Å². The van der Waals surface area contributed by atoms with Crippen molar-refractivity contribution in [3.05, 3.63) is 29.8 Å². The van der Waals surface area contributed by atoms with Crippen molar-refractivity contribution in [2.75, 3.05) is 64.5 Å². The van der Waals surface area contributed by atoms with E-state index in [1.54, 1.807) is 12.0 Å². The summed E-state index contributed by atoms with van der Waals surface area (Å²) in [6, 6.07) is 6.36. The van der Waals surface area contributed by atoms with E-state index in [1.807, 2.05) is 45.0 Å². The molecule has 3 fully saturated rings. The van der Waals surface area contributed by atoms with Gasteiger partial charge in [0.2, 0.25) is 5.91 Å². The summed E-state index contributed by atoms with van der Waals surface area (Å²) in [6.07, 6.45) is 0.911. The standard InChI is InChI=1S/C27H40N4O5.CH4.2H2S/c1-27(2,3)17-21(26(34)31-10-9-23-24(31)22(32)18-36-23)28-25(33)19-5-7-20(8-6-19)30-13-11-29(12-14-30)15-16-35-4;;;/h5-8,21,23-24H,9-18H2,1-4H3,(H,28,33);1H4;2*1H2/t21-,23+,24+;;;/m0.../s1. The number of piperazine rings is 1. The summed E-state index contributed by atoms with van der Waals surface area (Å²) in [6.45, 7) is 12.2. The molecule has 11 heteroatoms. The van der Waals surface area contributed by atoms with Gasteiger partial charge in [0.25, 0.3) is 5.91 Å². The molecule has 39 heavy (non-hydrogen) atoms. The minimum Gasteiger partial charge on any atom is -0.383 e. The molecule has 3 heterocycles. The number of amides is 2.